The lowest BCUT2D eigenvalue weighted by Gasteiger charge is -2.21. The van der Waals surface area contributed by atoms with E-state index in [1.807, 2.05) is 0 Å². The Morgan fingerprint density at radius 1 is 1.08 bits per heavy atom. The van der Waals surface area contributed by atoms with Gasteiger partial charge in [0.2, 0.25) is 0 Å². The second kappa shape index (κ2) is 7.61. The molecule has 0 aromatic carbocycles. The zero-order chi connectivity index (χ0) is 10.3. The predicted octanol–water partition coefficient (Wildman–Crippen LogP) is 4.40. The van der Waals surface area contributed by atoms with Crippen LogP contribution in [0.5, 0.6) is 0 Å². The highest BCUT2D eigenvalue weighted by Crippen LogP contribution is 2.35. The molecule has 0 spiro atoms. The van der Waals surface area contributed by atoms with Crippen molar-refractivity contribution in [1.29, 1.82) is 0 Å². The van der Waals surface area contributed by atoms with Crippen molar-refractivity contribution in [2.24, 2.45) is 0 Å². The van der Waals surface area contributed by atoms with Crippen molar-refractivity contribution >= 4 is 49.5 Å². The van der Waals surface area contributed by atoms with Crippen molar-refractivity contribution in [3.05, 3.63) is 0 Å². The van der Waals surface area contributed by atoms with Gasteiger partial charge in [-0.15, -0.1) is 49.5 Å². The molecule has 0 saturated heterocycles. The Labute approximate surface area is 103 Å². The fourth-order valence-corrected chi connectivity index (χ4v) is 1.66. The maximum absolute atomic E-state index is 6.04. The Morgan fingerprint density at radius 3 is 2.08 bits per heavy atom. The smallest absolute Gasteiger partial charge is 0.115 e. The van der Waals surface area contributed by atoms with E-state index in [1.54, 1.807) is 0 Å². The molecule has 1 atom stereocenters. The quantitative estimate of drug-likeness (QED) is 0.256. The number of thiol groups is 3. The molecular weight excluding hydrogens is 240 g/mol. The zero-order valence-corrected chi connectivity index (χ0v) is 11.5. The summed E-state index contributed by atoms with van der Waals surface area (Å²) < 4.78 is -0.647. The van der Waals surface area contributed by atoms with E-state index < -0.39 is 3.41 Å². The monoisotopic (exact) mass is 258 g/mol. The summed E-state index contributed by atoms with van der Waals surface area (Å²) in [5, 5.41) is -0.0656. The molecule has 0 saturated carbocycles. The molecule has 0 amide bonds. The van der Waals surface area contributed by atoms with Crippen molar-refractivity contribution in [1.82, 2.24) is 0 Å². The molecular formula is C9H19ClS3. The third kappa shape index (κ3) is 8.34. The van der Waals surface area contributed by atoms with E-state index in [-0.39, 0.29) is 5.38 Å². The third-order valence-corrected chi connectivity index (χ3v) is 3.92. The number of hydrogen-bond donors (Lipinski definition) is 3. The minimum Gasteiger partial charge on any atom is -0.150 e. The lowest BCUT2D eigenvalue weighted by molar-refractivity contribution is 0.600. The summed E-state index contributed by atoms with van der Waals surface area (Å²) in [6.07, 6.45) is 7.25. The maximum Gasteiger partial charge on any atom is 0.115 e. The van der Waals surface area contributed by atoms with Gasteiger partial charge in [0.1, 0.15) is 3.41 Å². The molecule has 0 heterocycles. The van der Waals surface area contributed by atoms with Gasteiger partial charge in [0.15, 0.2) is 0 Å². The largest absolute Gasteiger partial charge is 0.150 e. The van der Waals surface area contributed by atoms with Gasteiger partial charge in [-0.25, -0.2) is 0 Å². The summed E-state index contributed by atoms with van der Waals surface area (Å²) in [6, 6.07) is 0. The summed E-state index contributed by atoms with van der Waals surface area (Å²) in [5.41, 5.74) is 0. The first kappa shape index (κ1) is 14.3. The average molecular weight is 259 g/mol. The zero-order valence-electron chi connectivity index (χ0n) is 8.04. The molecule has 0 aliphatic rings. The average Bonchev–Trinajstić information content (AvgIpc) is 2.02. The molecule has 0 fully saturated rings. The minimum atomic E-state index is -0.647. The van der Waals surface area contributed by atoms with Gasteiger partial charge in [-0.05, 0) is 6.42 Å². The lowest BCUT2D eigenvalue weighted by Crippen LogP contribution is -2.19. The summed E-state index contributed by atoms with van der Waals surface area (Å²) in [4.78, 5) is 0. The molecule has 13 heavy (non-hydrogen) atoms. The van der Waals surface area contributed by atoms with Crippen molar-refractivity contribution in [2.75, 3.05) is 0 Å². The maximum atomic E-state index is 6.04. The van der Waals surface area contributed by atoms with Gasteiger partial charge in [0.05, 0.1) is 5.38 Å². The number of hydrogen-bond acceptors (Lipinski definition) is 3. The first-order chi connectivity index (χ1) is 5.98. The van der Waals surface area contributed by atoms with E-state index in [2.05, 4.69) is 44.8 Å². The van der Waals surface area contributed by atoms with Crippen LogP contribution in [0.3, 0.4) is 0 Å². The fraction of sp³-hybridized carbons (Fsp3) is 1.00. The van der Waals surface area contributed by atoms with E-state index in [0.29, 0.717) is 0 Å². The van der Waals surface area contributed by atoms with Crippen LogP contribution in [0.1, 0.15) is 45.4 Å². The normalized spacial score (nSPS) is 14.5. The standard InChI is InChI=1S/C9H19ClS3/c1-2-3-4-5-6-7-8(10)9(11,12)13/h8,11-13H,2-7H2,1H3. The van der Waals surface area contributed by atoms with Gasteiger partial charge in [-0.1, -0.05) is 39.0 Å². The summed E-state index contributed by atoms with van der Waals surface area (Å²) in [6.45, 7) is 2.21. The van der Waals surface area contributed by atoms with E-state index in [4.69, 9.17) is 11.6 Å². The van der Waals surface area contributed by atoms with Crippen LogP contribution in [-0.2, 0) is 0 Å². The topological polar surface area (TPSA) is 0 Å². The number of halogens is 1. The Bertz CT molecular complexity index is 123. The second-order valence-electron chi connectivity index (χ2n) is 3.36. The molecule has 1 unspecified atom stereocenters. The Balaban J connectivity index is 3.32. The number of alkyl halides is 1. The molecule has 0 rings (SSSR count). The van der Waals surface area contributed by atoms with Crippen LogP contribution in [0.15, 0.2) is 0 Å². The molecule has 80 valence electrons. The van der Waals surface area contributed by atoms with Gasteiger partial charge in [-0.2, -0.15) is 0 Å². The Hall–Kier alpha value is 1.34. The highest BCUT2D eigenvalue weighted by molar-refractivity contribution is 8.17. The van der Waals surface area contributed by atoms with Crippen molar-refractivity contribution < 1.29 is 0 Å². The third-order valence-electron chi connectivity index (χ3n) is 1.98. The van der Waals surface area contributed by atoms with Crippen LogP contribution < -0.4 is 0 Å². The molecule has 0 bridgehead atoms. The van der Waals surface area contributed by atoms with Crippen LogP contribution in [-0.4, -0.2) is 8.79 Å². The van der Waals surface area contributed by atoms with Crippen LogP contribution in [0.4, 0.5) is 0 Å². The summed E-state index contributed by atoms with van der Waals surface area (Å²) >= 11 is 18.6. The SMILES string of the molecule is CCCCCCCC(Cl)C(S)(S)S. The van der Waals surface area contributed by atoms with Crippen molar-refractivity contribution in [2.45, 2.75) is 54.2 Å². The van der Waals surface area contributed by atoms with E-state index in [1.165, 1.54) is 25.7 Å². The molecule has 0 aromatic heterocycles. The molecule has 4 heteroatoms. The van der Waals surface area contributed by atoms with E-state index in [0.717, 1.165) is 12.8 Å². The molecule has 0 radical (unpaired) electrons. The van der Waals surface area contributed by atoms with Crippen LogP contribution in [0.2, 0.25) is 0 Å². The lowest BCUT2D eigenvalue weighted by atomic mass is 10.1. The van der Waals surface area contributed by atoms with Crippen LogP contribution >= 0.6 is 49.5 Å². The first-order valence-corrected chi connectivity index (χ1v) is 6.57. The van der Waals surface area contributed by atoms with Crippen molar-refractivity contribution in [3.63, 3.8) is 0 Å². The molecule has 0 aliphatic carbocycles. The highest BCUT2D eigenvalue weighted by atomic mass is 35.5. The van der Waals surface area contributed by atoms with Gasteiger partial charge >= 0.3 is 0 Å². The second-order valence-corrected chi connectivity index (χ2v) is 7.06. The number of unbranched alkanes of at least 4 members (excludes halogenated alkanes) is 4. The van der Waals surface area contributed by atoms with Crippen LogP contribution in [0.25, 0.3) is 0 Å². The summed E-state index contributed by atoms with van der Waals surface area (Å²) in [5.74, 6) is 0. The van der Waals surface area contributed by atoms with Crippen LogP contribution in [0, 0.1) is 0 Å². The molecule has 0 aromatic rings. The fourth-order valence-electron chi connectivity index (χ4n) is 1.12. The van der Waals surface area contributed by atoms with E-state index in [9.17, 15) is 0 Å². The van der Waals surface area contributed by atoms with E-state index >= 15 is 0 Å². The minimum absolute atomic E-state index is 0.0656. The molecule has 0 N–H and O–H groups in total. The molecule has 0 aliphatic heterocycles. The Kier molecular flexibility index (Phi) is 8.39. The number of rotatable bonds is 7. The highest BCUT2D eigenvalue weighted by Gasteiger charge is 2.24. The first-order valence-electron chi connectivity index (χ1n) is 4.79. The Morgan fingerprint density at radius 2 is 1.62 bits per heavy atom. The van der Waals surface area contributed by atoms with Gasteiger partial charge in [0, 0.05) is 0 Å². The van der Waals surface area contributed by atoms with Gasteiger partial charge in [0.25, 0.3) is 0 Å². The van der Waals surface area contributed by atoms with Gasteiger partial charge < -0.3 is 0 Å². The van der Waals surface area contributed by atoms with Crippen molar-refractivity contribution in [3.8, 4) is 0 Å². The summed E-state index contributed by atoms with van der Waals surface area (Å²) in [7, 11) is 0. The predicted molar refractivity (Wildman–Crippen MR) is 72.7 cm³/mol. The van der Waals surface area contributed by atoms with Gasteiger partial charge in [-0.3, -0.25) is 0 Å². The molecule has 0 nitrogen and oxygen atoms in total.